The van der Waals surface area contributed by atoms with E-state index in [0.717, 1.165) is 6.42 Å². The molecule has 0 bridgehead atoms. The van der Waals surface area contributed by atoms with Crippen molar-refractivity contribution in [1.29, 1.82) is 0 Å². The van der Waals surface area contributed by atoms with Gasteiger partial charge in [-0.2, -0.15) is 0 Å². The summed E-state index contributed by atoms with van der Waals surface area (Å²) < 4.78 is 5.52. The van der Waals surface area contributed by atoms with Crippen LogP contribution in [0.5, 0.6) is 0 Å². The zero-order valence-corrected chi connectivity index (χ0v) is 11.6. The molecule has 1 aliphatic heterocycles. The minimum absolute atomic E-state index is 0.0520. The summed E-state index contributed by atoms with van der Waals surface area (Å²) in [5, 5.41) is 10.6. The molecular weight excluding hydrogens is 266 g/mol. The molecule has 104 valence electrons. The highest BCUT2D eigenvalue weighted by Crippen LogP contribution is 2.24. The molecule has 1 heterocycles. The van der Waals surface area contributed by atoms with Crippen molar-refractivity contribution in [2.45, 2.75) is 25.6 Å². The predicted octanol–water partition coefficient (Wildman–Crippen LogP) is 2.01. The summed E-state index contributed by atoms with van der Waals surface area (Å²) in [6, 6.07) is 6.86. The van der Waals surface area contributed by atoms with E-state index in [4.69, 9.17) is 16.3 Å². The van der Waals surface area contributed by atoms with E-state index in [1.807, 2.05) is 6.92 Å². The third-order valence-corrected chi connectivity index (χ3v) is 3.68. The van der Waals surface area contributed by atoms with Gasteiger partial charge in [0.25, 0.3) is 5.91 Å². The Balaban J connectivity index is 2.09. The van der Waals surface area contributed by atoms with Crippen molar-refractivity contribution < 1.29 is 14.6 Å². The molecule has 19 heavy (non-hydrogen) atoms. The summed E-state index contributed by atoms with van der Waals surface area (Å²) in [6.07, 6.45) is -0.299. The molecule has 1 N–H and O–H groups in total. The highest BCUT2D eigenvalue weighted by atomic mass is 35.5. The second kappa shape index (κ2) is 6.37. The van der Waals surface area contributed by atoms with Crippen molar-refractivity contribution in [2.24, 2.45) is 0 Å². The van der Waals surface area contributed by atoms with Crippen LogP contribution in [-0.2, 0) is 9.53 Å². The third kappa shape index (κ3) is 3.26. The van der Waals surface area contributed by atoms with E-state index in [0.29, 0.717) is 30.3 Å². The molecule has 1 saturated heterocycles. The molecule has 0 aliphatic carbocycles. The summed E-state index contributed by atoms with van der Waals surface area (Å²) >= 11 is 6.00. The first-order valence-corrected chi connectivity index (χ1v) is 6.84. The van der Waals surface area contributed by atoms with Crippen molar-refractivity contribution in [3.63, 3.8) is 0 Å². The molecule has 2 atom stereocenters. The summed E-state index contributed by atoms with van der Waals surface area (Å²) in [7, 11) is 0. The fourth-order valence-corrected chi connectivity index (χ4v) is 2.41. The van der Waals surface area contributed by atoms with Crippen molar-refractivity contribution in [1.82, 2.24) is 4.90 Å². The fraction of sp³-hybridized carbons (Fsp3) is 0.500. The predicted molar refractivity (Wildman–Crippen MR) is 73.0 cm³/mol. The number of aliphatic hydroxyl groups is 1. The molecule has 4 nitrogen and oxygen atoms in total. The summed E-state index contributed by atoms with van der Waals surface area (Å²) in [6.45, 7) is 3.57. The topological polar surface area (TPSA) is 49.8 Å². The second-order valence-electron chi connectivity index (χ2n) is 4.61. The zero-order valence-electron chi connectivity index (χ0n) is 10.9. The van der Waals surface area contributed by atoms with E-state index in [2.05, 4.69) is 0 Å². The van der Waals surface area contributed by atoms with Crippen molar-refractivity contribution in [3.05, 3.63) is 34.9 Å². The maximum absolute atomic E-state index is 12.3. The Morgan fingerprint density at radius 2 is 2.32 bits per heavy atom. The molecule has 2 rings (SSSR count). The van der Waals surface area contributed by atoms with Crippen molar-refractivity contribution >= 4 is 17.5 Å². The number of morpholine rings is 1. The average molecular weight is 284 g/mol. The third-order valence-electron chi connectivity index (χ3n) is 3.34. The number of amides is 1. The lowest BCUT2D eigenvalue weighted by molar-refractivity contribution is -0.148. The van der Waals surface area contributed by atoms with Crippen LogP contribution < -0.4 is 0 Å². The number of hydrogen-bond donors (Lipinski definition) is 1. The number of halogens is 1. The SMILES string of the molecule is CC[C@H]1CN(C(=O)[C@H](O)c2ccccc2Cl)CCO1. The first-order chi connectivity index (χ1) is 9.13. The highest BCUT2D eigenvalue weighted by molar-refractivity contribution is 6.31. The Labute approximate surface area is 117 Å². The number of benzene rings is 1. The largest absolute Gasteiger partial charge is 0.378 e. The van der Waals surface area contributed by atoms with Gasteiger partial charge in [0.05, 0.1) is 12.7 Å². The lowest BCUT2D eigenvalue weighted by Crippen LogP contribution is -2.47. The summed E-state index contributed by atoms with van der Waals surface area (Å²) in [4.78, 5) is 13.9. The van der Waals surface area contributed by atoms with Crippen LogP contribution >= 0.6 is 11.6 Å². The van der Waals surface area contributed by atoms with Gasteiger partial charge in [-0.15, -0.1) is 0 Å². The highest BCUT2D eigenvalue weighted by Gasteiger charge is 2.29. The van der Waals surface area contributed by atoms with Crippen LogP contribution in [-0.4, -0.2) is 41.7 Å². The van der Waals surface area contributed by atoms with Crippen molar-refractivity contribution in [3.8, 4) is 0 Å². The van der Waals surface area contributed by atoms with Gasteiger partial charge >= 0.3 is 0 Å². The molecule has 0 unspecified atom stereocenters. The van der Waals surface area contributed by atoms with Gasteiger partial charge in [-0.25, -0.2) is 0 Å². The lowest BCUT2D eigenvalue weighted by Gasteiger charge is -2.33. The van der Waals surface area contributed by atoms with Crippen LogP contribution in [0.25, 0.3) is 0 Å². The number of rotatable bonds is 3. The lowest BCUT2D eigenvalue weighted by atomic mass is 10.1. The van der Waals surface area contributed by atoms with Gasteiger partial charge in [-0.05, 0) is 12.5 Å². The van der Waals surface area contributed by atoms with Gasteiger partial charge in [0, 0.05) is 23.7 Å². The minimum Gasteiger partial charge on any atom is -0.378 e. The second-order valence-corrected chi connectivity index (χ2v) is 5.02. The van der Waals surface area contributed by atoms with E-state index < -0.39 is 6.10 Å². The Hall–Kier alpha value is -1.10. The summed E-state index contributed by atoms with van der Waals surface area (Å²) in [5.41, 5.74) is 0.453. The number of nitrogens with zero attached hydrogens (tertiary/aromatic N) is 1. The normalized spacial score (nSPS) is 21.2. The molecule has 1 aromatic carbocycles. The van der Waals surface area contributed by atoms with Crippen molar-refractivity contribution in [2.75, 3.05) is 19.7 Å². The maximum Gasteiger partial charge on any atom is 0.256 e. The van der Waals surface area contributed by atoms with Crippen LogP contribution in [0.3, 0.4) is 0 Å². The molecule has 5 heteroatoms. The van der Waals surface area contributed by atoms with Gasteiger partial charge in [0.2, 0.25) is 0 Å². The van der Waals surface area contributed by atoms with Crippen LogP contribution in [0.4, 0.5) is 0 Å². The first kappa shape index (κ1) is 14.3. The van der Waals surface area contributed by atoms with E-state index in [1.54, 1.807) is 29.2 Å². The molecule has 0 radical (unpaired) electrons. The van der Waals surface area contributed by atoms with Crippen LogP contribution in [0.2, 0.25) is 5.02 Å². The Bertz CT molecular complexity index is 452. The first-order valence-electron chi connectivity index (χ1n) is 6.46. The summed E-state index contributed by atoms with van der Waals surface area (Å²) in [5.74, 6) is -0.310. The molecule has 0 aromatic heterocycles. The zero-order chi connectivity index (χ0) is 13.8. The van der Waals surface area contributed by atoms with Gasteiger partial charge in [0.1, 0.15) is 0 Å². The molecule has 0 spiro atoms. The standard InChI is InChI=1S/C14H18ClNO3/c1-2-10-9-16(7-8-19-10)14(18)13(17)11-5-3-4-6-12(11)15/h3-6,10,13,17H,2,7-9H2,1H3/t10-,13+/m0/s1. The molecule has 1 amide bonds. The van der Waals surface area contributed by atoms with E-state index in [-0.39, 0.29) is 12.0 Å². The number of carbonyl (C=O) groups excluding carboxylic acids is 1. The van der Waals surface area contributed by atoms with Gasteiger partial charge < -0.3 is 14.7 Å². The Morgan fingerprint density at radius 1 is 1.58 bits per heavy atom. The molecular formula is C14H18ClNO3. The van der Waals surface area contributed by atoms with E-state index >= 15 is 0 Å². The number of aliphatic hydroxyl groups excluding tert-OH is 1. The van der Waals surface area contributed by atoms with Gasteiger partial charge in [-0.3, -0.25) is 4.79 Å². The quantitative estimate of drug-likeness (QED) is 0.923. The number of ether oxygens (including phenoxy) is 1. The fourth-order valence-electron chi connectivity index (χ4n) is 2.17. The van der Waals surface area contributed by atoms with E-state index in [1.165, 1.54) is 0 Å². The maximum atomic E-state index is 12.3. The van der Waals surface area contributed by atoms with Gasteiger partial charge in [0.15, 0.2) is 6.10 Å². The van der Waals surface area contributed by atoms with Gasteiger partial charge in [-0.1, -0.05) is 36.7 Å². The molecule has 1 fully saturated rings. The molecule has 1 aliphatic rings. The Kier molecular flexibility index (Phi) is 4.80. The molecule has 0 saturated carbocycles. The van der Waals surface area contributed by atoms with Crippen LogP contribution in [0.15, 0.2) is 24.3 Å². The van der Waals surface area contributed by atoms with E-state index in [9.17, 15) is 9.90 Å². The smallest absolute Gasteiger partial charge is 0.256 e. The molecule has 1 aromatic rings. The number of hydrogen-bond acceptors (Lipinski definition) is 3. The van der Waals surface area contributed by atoms with Crippen LogP contribution in [0.1, 0.15) is 25.0 Å². The van der Waals surface area contributed by atoms with Crippen LogP contribution in [0, 0.1) is 0 Å². The average Bonchev–Trinajstić information content (AvgIpc) is 2.46. The number of carbonyl (C=O) groups is 1. The minimum atomic E-state index is -1.20. The Morgan fingerprint density at radius 3 is 3.00 bits per heavy atom. The monoisotopic (exact) mass is 283 g/mol.